The molecule has 0 aliphatic rings. The average molecular weight is 293 g/mol. The lowest BCUT2D eigenvalue weighted by Gasteiger charge is -2.08. The zero-order valence-corrected chi connectivity index (χ0v) is 11.8. The first-order valence-electron chi connectivity index (χ1n) is 6.54. The summed E-state index contributed by atoms with van der Waals surface area (Å²) in [4.78, 5) is 33.5. The number of hydrogen-bond acceptors (Lipinski definition) is 4. The Hall–Kier alpha value is -2.41. The lowest BCUT2D eigenvalue weighted by molar-refractivity contribution is -0.135. The number of nitrogens with one attached hydrogen (secondary N) is 2. The number of benzene rings is 1. The molecule has 0 aliphatic heterocycles. The summed E-state index contributed by atoms with van der Waals surface area (Å²) in [6.45, 7) is 1.40. The maximum Gasteiger partial charge on any atom is 0.322 e. The van der Waals surface area contributed by atoms with Crippen molar-refractivity contribution in [1.29, 1.82) is 0 Å². The molecule has 0 bridgehead atoms. The molecule has 21 heavy (non-hydrogen) atoms. The summed E-state index contributed by atoms with van der Waals surface area (Å²) in [5.41, 5.74) is 6.46. The second kappa shape index (κ2) is 8.01. The fourth-order valence-electron chi connectivity index (χ4n) is 1.55. The van der Waals surface area contributed by atoms with Crippen LogP contribution in [-0.2, 0) is 9.59 Å². The van der Waals surface area contributed by atoms with Crippen molar-refractivity contribution >= 4 is 23.5 Å². The predicted octanol–water partition coefficient (Wildman–Crippen LogP) is 0.567. The summed E-state index contributed by atoms with van der Waals surface area (Å²) in [6, 6.07) is 6.16. The molecule has 0 fully saturated rings. The minimum Gasteiger partial charge on any atom is -0.480 e. The van der Waals surface area contributed by atoms with Gasteiger partial charge in [0.15, 0.2) is 0 Å². The molecule has 1 aromatic carbocycles. The summed E-state index contributed by atoms with van der Waals surface area (Å²) in [5, 5.41) is 13.4. The van der Waals surface area contributed by atoms with Crippen LogP contribution in [0.1, 0.15) is 30.1 Å². The second-order valence-electron chi connectivity index (χ2n) is 4.72. The van der Waals surface area contributed by atoms with Crippen molar-refractivity contribution in [1.82, 2.24) is 5.32 Å². The van der Waals surface area contributed by atoms with Gasteiger partial charge in [0.2, 0.25) is 5.91 Å². The lowest BCUT2D eigenvalue weighted by atomic mass is 10.1. The molecule has 2 amide bonds. The highest BCUT2D eigenvalue weighted by molar-refractivity contribution is 5.97. The van der Waals surface area contributed by atoms with Crippen molar-refractivity contribution in [2.24, 2.45) is 5.73 Å². The normalized spacial score (nSPS) is 11.5. The van der Waals surface area contributed by atoms with E-state index in [9.17, 15) is 14.4 Å². The minimum atomic E-state index is -1.11. The van der Waals surface area contributed by atoms with Crippen LogP contribution in [0, 0.1) is 0 Å². The molecule has 0 saturated heterocycles. The van der Waals surface area contributed by atoms with E-state index < -0.39 is 18.4 Å². The number of carboxylic acid groups (broad SMARTS) is 1. The van der Waals surface area contributed by atoms with Gasteiger partial charge in [-0.2, -0.15) is 0 Å². The van der Waals surface area contributed by atoms with Gasteiger partial charge < -0.3 is 21.5 Å². The van der Waals surface area contributed by atoms with Crippen molar-refractivity contribution < 1.29 is 19.5 Å². The monoisotopic (exact) mass is 293 g/mol. The molecule has 1 atom stereocenters. The van der Waals surface area contributed by atoms with E-state index in [0.29, 0.717) is 24.1 Å². The summed E-state index contributed by atoms with van der Waals surface area (Å²) >= 11 is 0. The van der Waals surface area contributed by atoms with Gasteiger partial charge in [-0.15, -0.1) is 0 Å². The van der Waals surface area contributed by atoms with Crippen LogP contribution in [-0.4, -0.2) is 35.5 Å². The standard InChI is InChI=1S/C14H19N3O4/c1-9(15)2-7-12(18)17-11-5-3-10(4-6-11)14(21)16-8-13(19)20/h3-6,9H,2,7-8,15H2,1H3,(H,16,21)(H,17,18)(H,19,20). The first-order chi connectivity index (χ1) is 9.88. The molecular weight excluding hydrogens is 274 g/mol. The summed E-state index contributed by atoms with van der Waals surface area (Å²) in [5.74, 6) is -1.73. The molecule has 5 N–H and O–H groups in total. The van der Waals surface area contributed by atoms with E-state index in [0.717, 1.165) is 0 Å². The van der Waals surface area contributed by atoms with Crippen molar-refractivity contribution in [2.45, 2.75) is 25.8 Å². The van der Waals surface area contributed by atoms with Gasteiger partial charge in [-0.1, -0.05) is 0 Å². The molecule has 7 heteroatoms. The molecule has 1 rings (SSSR count). The van der Waals surface area contributed by atoms with E-state index in [4.69, 9.17) is 10.8 Å². The quantitative estimate of drug-likeness (QED) is 0.585. The number of hydrogen-bond donors (Lipinski definition) is 4. The van der Waals surface area contributed by atoms with Crippen LogP contribution in [0.3, 0.4) is 0 Å². The molecule has 0 radical (unpaired) electrons. The van der Waals surface area contributed by atoms with Gasteiger partial charge in [0.05, 0.1) is 0 Å². The van der Waals surface area contributed by atoms with Gasteiger partial charge in [0.25, 0.3) is 5.91 Å². The number of amides is 2. The Kier molecular flexibility index (Phi) is 6.35. The number of aliphatic carboxylic acids is 1. The van der Waals surface area contributed by atoms with E-state index in [2.05, 4.69) is 10.6 Å². The Bertz CT molecular complexity index is 511. The Balaban J connectivity index is 2.51. The van der Waals surface area contributed by atoms with Crippen molar-refractivity contribution in [3.8, 4) is 0 Å². The van der Waals surface area contributed by atoms with E-state index in [-0.39, 0.29) is 11.9 Å². The van der Waals surface area contributed by atoms with Gasteiger partial charge >= 0.3 is 5.97 Å². The van der Waals surface area contributed by atoms with Crippen LogP contribution < -0.4 is 16.4 Å². The highest BCUT2D eigenvalue weighted by Crippen LogP contribution is 2.10. The largest absolute Gasteiger partial charge is 0.480 e. The van der Waals surface area contributed by atoms with Gasteiger partial charge in [-0.3, -0.25) is 14.4 Å². The third kappa shape index (κ3) is 6.53. The van der Waals surface area contributed by atoms with E-state index in [1.165, 1.54) is 12.1 Å². The topological polar surface area (TPSA) is 122 Å². The molecule has 0 heterocycles. The third-order valence-corrected chi connectivity index (χ3v) is 2.66. The molecule has 0 aliphatic carbocycles. The summed E-state index contributed by atoms with van der Waals surface area (Å²) in [7, 11) is 0. The highest BCUT2D eigenvalue weighted by Gasteiger charge is 2.08. The number of carboxylic acids is 1. The molecule has 1 aromatic rings. The highest BCUT2D eigenvalue weighted by atomic mass is 16.4. The first-order valence-corrected chi connectivity index (χ1v) is 6.54. The number of nitrogens with two attached hydrogens (primary N) is 1. The van der Waals surface area contributed by atoms with Crippen LogP contribution in [0.15, 0.2) is 24.3 Å². The van der Waals surface area contributed by atoms with E-state index >= 15 is 0 Å². The Morgan fingerprint density at radius 1 is 1.24 bits per heavy atom. The zero-order valence-electron chi connectivity index (χ0n) is 11.8. The maximum absolute atomic E-state index is 11.6. The number of rotatable bonds is 7. The third-order valence-electron chi connectivity index (χ3n) is 2.66. The van der Waals surface area contributed by atoms with Crippen LogP contribution in [0.2, 0.25) is 0 Å². The Labute approximate surface area is 122 Å². The number of carbonyl (C=O) groups is 3. The first kappa shape index (κ1) is 16.6. The lowest BCUT2D eigenvalue weighted by Crippen LogP contribution is -2.29. The molecule has 7 nitrogen and oxygen atoms in total. The number of anilines is 1. The van der Waals surface area contributed by atoms with Crippen LogP contribution in [0.4, 0.5) is 5.69 Å². The van der Waals surface area contributed by atoms with Crippen LogP contribution >= 0.6 is 0 Å². The Morgan fingerprint density at radius 2 is 1.86 bits per heavy atom. The van der Waals surface area contributed by atoms with Crippen molar-refractivity contribution in [3.05, 3.63) is 29.8 Å². The van der Waals surface area contributed by atoms with Crippen molar-refractivity contribution in [3.63, 3.8) is 0 Å². The average Bonchev–Trinajstić information content (AvgIpc) is 2.43. The molecule has 1 unspecified atom stereocenters. The number of carbonyl (C=O) groups excluding carboxylic acids is 2. The summed E-state index contributed by atoms with van der Waals surface area (Å²) in [6.07, 6.45) is 0.931. The molecule has 114 valence electrons. The van der Waals surface area contributed by atoms with Gasteiger partial charge in [0.1, 0.15) is 6.54 Å². The van der Waals surface area contributed by atoms with Crippen LogP contribution in [0.25, 0.3) is 0 Å². The SMILES string of the molecule is CC(N)CCC(=O)Nc1ccc(C(=O)NCC(=O)O)cc1. The fourth-order valence-corrected chi connectivity index (χ4v) is 1.55. The zero-order chi connectivity index (χ0) is 15.8. The van der Waals surface area contributed by atoms with E-state index in [1.54, 1.807) is 12.1 Å². The van der Waals surface area contributed by atoms with Gasteiger partial charge in [0, 0.05) is 23.7 Å². The predicted molar refractivity (Wildman–Crippen MR) is 77.9 cm³/mol. The minimum absolute atomic E-state index is 0.0314. The van der Waals surface area contributed by atoms with Crippen LogP contribution in [0.5, 0.6) is 0 Å². The molecule has 0 aromatic heterocycles. The fraction of sp³-hybridized carbons (Fsp3) is 0.357. The molecule has 0 saturated carbocycles. The smallest absolute Gasteiger partial charge is 0.322 e. The summed E-state index contributed by atoms with van der Waals surface area (Å²) < 4.78 is 0. The Morgan fingerprint density at radius 3 is 2.38 bits per heavy atom. The molecular formula is C14H19N3O4. The molecule has 0 spiro atoms. The van der Waals surface area contributed by atoms with Gasteiger partial charge in [-0.05, 0) is 37.6 Å². The second-order valence-corrected chi connectivity index (χ2v) is 4.72. The van der Waals surface area contributed by atoms with Crippen molar-refractivity contribution in [2.75, 3.05) is 11.9 Å². The maximum atomic E-state index is 11.6. The van der Waals surface area contributed by atoms with Gasteiger partial charge in [-0.25, -0.2) is 0 Å². The van der Waals surface area contributed by atoms with E-state index in [1.807, 2.05) is 6.92 Å².